The molecule has 0 fully saturated rings. The fourth-order valence-electron chi connectivity index (χ4n) is 4.91. The van der Waals surface area contributed by atoms with Gasteiger partial charge in [0.25, 0.3) is 0 Å². The molecule has 0 aliphatic carbocycles. The number of hydrogen-bond donors (Lipinski definition) is 0. The standard InChI is InChI=1S/C30H33ClN2O3/c1-3-4-5-6-7-19-35-24-17-13-22(14-18-24)30-33-27(25-9-8-10-28(34-2)29(25)36-30)20-26(32-33)21-11-15-23(31)16-12-21/h8-18,27,30H,3-7,19-20H2,1-2H3/t27-,30+/m0/s1. The quantitative estimate of drug-likeness (QED) is 0.263. The molecule has 0 spiro atoms. The van der Waals surface area contributed by atoms with Crippen LogP contribution in [0, 0.1) is 0 Å². The SMILES string of the molecule is CCCCCCCOc1ccc([C@H]2Oc3c(OC)cccc3[C@@H]3CC(c4ccc(Cl)cc4)=NN23)cc1. The van der Waals surface area contributed by atoms with E-state index in [1.165, 1.54) is 25.7 Å². The summed E-state index contributed by atoms with van der Waals surface area (Å²) in [4.78, 5) is 0. The molecule has 3 aromatic rings. The van der Waals surface area contributed by atoms with E-state index in [1.54, 1.807) is 7.11 Å². The molecule has 188 valence electrons. The van der Waals surface area contributed by atoms with E-state index in [4.69, 9.17) is 30.9 Å². The Morgan fingerprint density at radius 3 is 2.50 bits per heavy atom. The lowest BCUT2D eigenvalue weighted by atomic mass is 9.95. The van der Waals surface area contributed by atoms with Crippen molar-refractivity contribution in [2.45, 2.75) is 57.7 Å². The smallest absolute Gasteiger partial charge is 0.214 e. The summed E-state index contributed by atoms with van der Waals surface area (Å²) in [6, 6.07) is 22.2. The number of hydrazone groups is 1. The summed E-state index contributed by atoms with van der Waals surface area (Å²) in [7, 11) is 1.68. The van der Waals surface area contributed by atoms with E-state index >= 15 is 0 Å². The fraction of sp³-hybridized carbons (Fsp3) is 0.367. The van der Waals surface area contributed by atoms with Gasteiger partial charge in [0.05, 0.1) is 25.5 Å². The Morgan fingerprint density at radius 2 is 1.75 bits per heavy atom. The molecule has 0 saturated heterocycles. The van der Waals surface area contributed by atoms with Crippen LogP contribution in [0.15, 0.2) is 71.8 Å². The van der Waals surface area contributed by atoms with Gasteiger partial charge in [-0.25, -0.2) is 5.01 Å². The van der Waals surface area contributed by atoms with Crippen molar-refractivity contribution in [3.63, 3.8) is 0 Å². The third-order valence-corrected chi connectivity index (χ3v) is 7.11. The minimum Gasteiger partial charge on any atom is -0.494 e. The van der Waals surface area contributed by atoms with Crippen molar-refractivity contribution in [2.75, 3.05) is 13.7 Å². The average Bonchev–Trinajstić information content (AvgIpc) is 3.36. The highest BCUT2D eigenvalue weighted by molar-refractivity contribution is 6.30. The van der Waals surface area contributed by atoms with Gasteiger partial charge in [0, 0.05) is 22.6 Å². The lowest BCUT2D eigenvalue weighted by Gasteiger charge is -2.38. The van der Waals surface area contributed by atoms with Crippen LogP contribution in [0.25, 0.3) is 0 Å². The first kappa shape index (κ1) is 24.5. The van der Waals surface area contributed by atoms with Crippen molar-refractivity contribution >= 4 is 17.3 Å². The summed E-state index contributed by atoms with van der Waals surface area (Å²) in [6.45, 7) is 2.98. The first-order valence-electron chi connectivity index (χ1n) is 12.9. The Hall–Kier alpha value is -3.18. The predicted molar refractivity (Wildman–Crippen MR) is 144 cm³/mol. The molecule has 3 aromatic carbocycles. The van der Waals surface area contributed by atoms with Crippen LogP contribution in [0.2, 0.25) is 5.02 Å². The highest BCUT2D eigenvalue weighted by Crippen LogP contribution is 2.50. The van der Waals surface area contributed by atoms with Gasteiger partial charge in [0.1, 0.15) is 5.75 Å². The summed E-state index contributed by atoms with van der Waals surface area (Å²) in [5.41, 5.74) is 4.19. The first-order valence-corrected chi connectivity index (χ1v) is 13.2. The Morgan fingerprint density at radius 1 is 0.972 bits per heavy atom. The third kappa shape index (κ3) is 5.17. The summed E-state index contributed by atoms with van der Waals surface area (Å²) in [5, 5.41) is 7.84. The fourth-order valence-corrected chi connectivity index (χ4v) is 5.03. The van der Waals surface area contributed by atoms with Gasteiger partial charge in [-0.1, -0.05) is 68.5 Å². The lowest BCUT2D eigenvalue weighted by Crippen LogP contribution is -2.33. The minimum absolute atomic E-state index is 0.0542. The molecular weight excluding hydrogens is 472 g/mol. The molecule has 2 aliphatic rings. The maximum atomic E-state index is 6.57. The zero-order valence-corrected chi connectivity index (χ0v) is 21.7. The van der Waals surface area contributed by atoms with Crippen molar-refractivity contribution in [1.29, 1.82) is 0 Å². The normalized spacial score (nSPS) is 18.2. The number of methoxy groups -OCH3 is 1. The molecule has 5 nitrogen and oxygen atoms in total. The number of ether oxygens (including phenoxy) is 3. The number of unbranched alkanes of at least 4 members (excludes halogenated alkanes) is 4. The van der Waals surface area contributed by atoms with Crippen LogP contribution in [0.3, 0.4) is 0 Å². The number of halogens is 1. The predicted octanol–water partition coefficient (Wildman–Crippen LogP) is 7.94. The Labute approximate surface area is 218 Å². The second-order valence-corrected chi connectivity index (χ2v) is 9.77. The Kier molecular flexibility index (Phi) is 7.66. The molecule has 0 radical (unpaired) electrons. The van der Waals surface area contributed by atoms with Crippen LogP contribution in [0.5, 0.6) is 17.2 Å². The van der Waals surface area contributed by atoms with E-state index in [1.807, 2.05) is 48.5 Å². The largest absolute Gasteiger partial charge is 0.494 e. The van der Waals surface area contributed by atoms with Crippen LogP contribution in [0.4, 0.5) is 0 Å². The number of para-hydroxylation sites is 1. The van der Waals surface area contributed by atoms with Crippen LogP contribution >= 0.6 is 11.6 Å². The summed E-state index contributed by atoms with van der Waals surface area (Å²) >= 11 is 6.12. The van der Waals surface area contributed by atoms with E-state index in [0.29, 0.717) is 0 Å². The molecular formula is C30H33ClN2O3. The van der Waals surface area contributed by atoms with Crippen molar-refractivity contribution in [3.05, 3.63) is 88.4 Å². The molecule has 0 aromatic heterocycles. The van der Waals surface area contributed by atoms with E-state index in [2.05, 4.69) is 30.1 Å². The zero-order valence-electron chi connectivity index (χ0n) is 21.0. The Bertz CT molecular complexity index is 1190. The summed E-state index contributed by atoms with van der Waals surface area (Å²) < 4.78 is 18.2. The van der Waals surface area contributed by atoms with Gasteiger partial charge in [0.15, 0.2) is 11.5 Å². The van der Waals surface area contributed by atoms with Gasteiger partial charge in [-0.15, -0.1) is 0 Å². The molecule has 0 amide bonds. The monoisotopic (exact) mass is 504 g/mol. The highest BCUT2D eigenvalue weighted by atomic mass is 35.5. The molecule has 5 rings (SSSR count). The molecule has 2 aliphatic heterocycles. The van der Waals surface area contributed by atoms with Crippen LogP contribution in [-0.2, 0) is 0 Å². The average molecular weight is 505 g/mol. The first-order chi connectivity index (χ1) is 17.7. The highest BCUT2D eigenvalue weighted by Gasteiger charge is 2.42. The van der Waals surface area contributed by atoms with E-state index < -0.39 is 0 Å². The lowest BCUT2D eigenvalue weighted by molar-refractivity contribution is -0.0209. The molecule has 36 heavy (non-hydrogen) atoms. The molecule has 0 bridgehead atoms. The second-order valence-electron chi connectivity index (χ2n) is 9.33. The number of hydrogen-bond acceptors (Lipinski definition) is 5. The van der Waals surface area contributed by atoms with Crippen LogP contribution in [0.1, 0.15) is 74.4 Å². The maximum absolute atomic E-state index is 6.57. The van der Waals surface area contributed by atoms with Gasteiger partial charge >= 0.3 is 0 Å². The minimum atomic E-state index is -0.369. The molecule has 2 heterocycles. The third-order valence-electron chi connectivity index (χ3n) is 6.86. The number of benzene rings is 3. The topological polar surface area (TPSA) is 43.3 Å². The maximum Gasteiger partial charge on any atom is 0.214 e. The van der Waals surface area contributed by atoms with Gasteiger partial charge in [-0.2, -0.15) is 5.10 Å². The molecule has 0 N–H and O–H groups in total. The van der Waals surface area contributed by atoms with E-state index in [9.17, 15) is 0 Å². The van der Waals surface area contributed by atoms with Crippen LogP contribution < -0.4 is 14.2 Å². The number of nitrogens with zero attached hydrogens (tertiary/aromatic N) is 2. The molecule has 6 heteroatoms. The van der Waals surface area contributed by atoms with Crippen LogP contribution in [-0.4, -0.2) is 24.4 Å². The van der Waals surface area contributed by atoms with Gasteiger partial charge < -0.3 is 14.2 Å². The number of rotatable bonds is 10. The molecule has 0 saturated carbocycles. The van der Waals surface area contributed by atoms with Gasteiger partial charge in [-0.3, -0.25) is 0 Å². The summed E-state index contributed by atoms with van der Waals surface area (Å²) in [5.74, 6) is 2.40. The summed E-state index contributed by atoms with van der Waals surface area (Å²) in [6.07, 6.45) is 6.54. The van der Waals surface area contributed by atoms with Gasteiger partial charge in [0.2, 0.25) is 6.23 Å². The molecule has 2 atom stereocenters. The van der Waals surface area contributed by atoms with Crippen molar-refractivity contribution < 1.29 is 14.2 Å². The van der Waals surface area contributed by atoms with Gasteiger partial charge in [-0.05, 0) is 54.4 Å². The molecule has 0 unspecified atom stereocenters. The van der Waals surface area contributed by atoms with Crippen molar-refractivity contribution in [2.24, 2.45) is 5.10 Å². The van der Waals surface area contributed by atoms with E-state index in [-0.39, 0.29) is 12.3 Å². The Balaban J connectivity index is 1.38. The van der Waals surface area contributed by atoms with Crippen molar-refractivity contribution in [1.82, 2.24) is 5.01 Å². The second kappa shape index (κ2) is 11.3. The van der Waals surface area contributed by atoms with Crippen molar-refractivity contribution in [3.8, 4) is 17.2 Å². The van der Waals surface area contributed by atoms with E-state index in [0.717, 1.165) is 64.1 Å². The number of fused-ring (bicyclic) bond motifs is 3. The zero-order chi connectivity index (χ0) is 24.9.